The van der Waals surface area contributed by atoms with Gasteiger partial charge in [-0.15, -0.1) is 0 Å². The average molecular weight is 346 g/mol. The molecule has 0 saturated carbocycles. The third-order valence-corrected chi connectivity index (χ3v) is 3.75. The van der Waals surface area contributed by atoms with E-state index in [2.05, 4.69) is 20.5 Å². The predicted octanol–water partition coefficient (Wildman–Crippen LogP) is 2.05. The quantitative estimate of drug-likeness (QED) is 0.360. The Bertz CT molecular complexity index is 745. The maximum absolute atomic E-state index is 11.8. The van der Waals surface area contributed by atoms with Crippen LogP contribution < -0.4 is 10.2 Å². The van der Waals surface area contributed by atoms with Crippen LogP contribution in [0, 0.1) is 13.8 Å². The second-order valence-corrected chi connectivity index (χ2v) is 5.89. The number of hydrogen-bond donors (Lipinski definition) is 2. The third-order valence-electron chi connectivity index (χ3n) is 2.90. The molecule has 0 saturated heterocycles. The summed E-state index contributed by atoms with van der Waals surface area (Å²) in [4.78, 5) is 20.3. The second kappa shape index (κ2) is 8.30. The monoisotopic (exact) mass is 346 g/mol. The number of hydrazone groups is 1. The number of carbonyl (C=O) groups excluding carboxylic acids is 1. The molecule has 2 rings (SSSR count). The first kappa shape index (κ1) is 17.7. The van der Waals surface area contributed by atoms with Crippen LogP contribution in [0.15, 0.2) is 34.5 Å². The lowest BCUT2D eigenvalue weighted by molar-refractivity contribution is -0.118. The van der Waals surface area contributed by atoms with Crippen molar-refractivity contribution in [3.05, 3.63) is 41.2 Å². The summed E-state index contributed by atoms with van der Waals surface area (Å²) in [5.41, 5.74) is 4.79. The first-order valence-corrected chi connectivity index (χ1v) is 8.10. The Kier molecular flexibility index (Phi) is 6.14. The van der Waals surface area contributed by atoms with Crippen molar-refractivity contribution in [2.45, 2.75) is 19.0 Å². The first-order valence-electron chi connectivity index (χ1n) is 7.12. The number of rotatable bonds is 6. The van der Waals surface area contributed by atoms with Gasteiger partial charge in [0.1, 0.15) is 0 Å². The van der Waals surface area contributed by atoms with Crippen LogP contribution in [0.1, 0.15) is 17.0 Å². The number of aromatic nitrogens is 2. The van der Waals surface area contributed by atoms with Crippen molar-refractivity contribution in [1.29, 1.82) is 0 Å². The molecule has 2 aromatic rings. The molecule has 126 valence electrons. The Morgan fingerprint density at radius 1 is 1.33 bits per heavy atom. The Hall–Kier alpha value is -2.61. The molecule has 0 radical (unpaired) electrons. The van der Waals surface area contributed by atoms with Gasteiger partial charge in [-0.1, -0.05) is 11.8 Å². The average Bonchev–Trinajstić information content (AvgIpc) is 2.52. The number of carbonyl (C=O) groups is 1. The van der Waals surface area contributed by atoms with Crippen molar-refractivity contribution in [2.75, 3.05) is 12.9 Å². The van der Waals surface area contributed by atoms with Gasteiger partial charge < -0.3 is 9.84 Å². The molecule has 0 bridgehead atoms. The van der Waals surface area contributed by atoms with Crippen LogP contribution in [0.25, 0.3) is 0 Å². The molecule has 1 aromatic carbocycles. The van der Waals surface area contributed by atoms with Crippen molar-refractivity contribution < 1.29 is 14.6 Å². The van der Waals surface area contributed by atoms with Crippen molar-refractivity contribution in [2.24, 2.45) is 5.10 Å². The molecule has 2 N–H and O–H groups in total. The molecule has 0 unspecified atom stereocenters. The third kappa shape index (κ3) is 5.24. The smallest absolute Gasteiger partial charge is 0.250 e. The highest BCUT2D eigenvalue weighted by Crippen LogP contribution is 2.25. The normalized spacial score (nSPS) is 10.8. The summed E-state index contributed by atoms with van der Waals surface area (Å²) in [6, 6.07) is 6.70. The van der Waals surface area contributed by atoms with Crippen LogP contribution in [0.2, 0.25) is 0 Å². The second-order valence-electron chi connectivity index (χ2n) is 4.95. The van der Waals surface area contributed by atoms with Crippen molar-refractivity contribution in [1.82, 2.24) is 15.4 Å². The van der Waals surface area contributed by atoms with Gasteiger partial charge in [-0.25, -0.2) is 15.4 Å². The fraction of sp³-hybridized carbons (Fsp3) is 0.250. The lowest BCUT2D eigenvalue weighted by Gasteiger charge is -2.03. The Labute approximate surface area is 144 Å². The number of phenolic OH excluding ortho intramolecular Hbond substituents is 1. The van der Waals surface area contributed by atoms with Gasteiger partial charge in [0.2, 0.25) is 0 Å². The van der Waals surface area contributed by atoms with E-state index < -0.39 is 0 Å². The highest BCUT2D eigenvalue weighted by atomic mass is 32.2. The van der Waals surface area contributed by atoms with E-state index >= 15 is 0 Å². The number of aromatic hydroxyl groups is 1. The van der Waals surface area contributed by atoms with Crippen molar-refractivity contribution in [3.63, 3.8) is 0 Å². The Morgan fingerprint density at radius 2 is 2.04 bits per heavy atom. The topological polar surface area (TPSA) is 96.7 Å². The number of ether oxygens (including phenoxy) is 1. The number of aryl methyl sites for hydroxylation is 2. The molecule has 0 spiro atoms. The lowest BCUT2D eigenvalue weighted by atomic mass is 10.2. The molecule has 0 aliphatic carbocycles. The van der Waals surface area contributed by atoms with Crippen LogP contribution in [0.5, 0.6) is 11.5 Å². The summed E-state index contributed by atoms with van der Waals surface area (Å²) >= 11 is 1.25. The van der Waals surface area contributed by atoms with E-state index in [1.807, 2.05) is 19.9 Å². The van der Waals surface area contributed by atoms with Crippen LogP contribution in [-0.2, 0) is 4.79 Å². The zero-order valence-electron chi connectivity index (χ0n) is 13.6. The highest BCUT2D eigenvalue weighted by Gasteiger charge is 2.05. The van der Waals surface area contributed by atoms with E-state index in [1.54, 1.807) is 12.1 Å². The molecule has 0 fully saturated rings. The molecule has 7 nitrogen and oxygen atoms in total. The van der Waals surface area contributed by atoms with Gasteiger partial charge in [0, 0.05) is 11.4 Å². The maximum Gasteiger partial charge on any atom is 0.250 e. The first-order chi connectivity index (χ1) is 11.5. The standard InChI is InChI=1S/C16H18N4O3S/c1-10-6-11(2)19-16(18-10)24-9-15(22)20-17-8-12-4-5-14(23-3)13(21)7-12/h4-8,21H,9H2,1-3H3,(H,20,22)/b17-8-. The molecule has 1 aromatic heterocycles. The van der Waals surface area contributed by atoms with Gasteiger partial charge in [0.15, 0.2) is 16.7 Å². The number of benzene rings is 1. The van der Waals surface area contributed by atoms with E-state index in [9.17, 15) is 9.90 Å². The van der Waals surface area contributed by atoms with E-state index in [4.69, 9.17) is 4.74 Å². The van der Waals surface area contributed by atoms with E-state index in [1.165, 1.54) is 31.2 Å². The lowest BCUT2D eigenvalue weighted by Crippen LogP contribution is -2.19. The molecule has 0 aliphatic rings. The molecule has 0 aliphatic heterocycles. The number of nitrogens with zero attached hydrogens (tertiary/aromatic N) is 3. The minimum absolute atomic E-state index is 0.00954. The molecule has 0 atom stereocenters. The maximum atomic E-state index is 11.8. The SMILES string of the molecule is COc1ccc(/C=N\NC(=O)CSc2nc(C)cc(C)n2)cc1O. The fourth-order valence-electron chi connectivity index (χ4n) is 1.89. The number of phenols is 1. The van der Waals surface area contributed by atoms with Gasteiger partial charge >= 0.3 is 0 Å². The molecule has 1 heterocycles. The van der Waals surface area contributed by atoms with Gasteiger partial charge in [-0.2, -0.15) is 5.10 Å². The van der Waals surface area contributed by atoms with Crippen molar-refractivity contribution in [3.8, 4) is 11.5 Å². The predicted molar refractivity (Wildman–Crippen MR) is 92.6 cm³/mol. The number of thioether (sulfide) groups is 1. The van der Waals surface area contributed by atoms with E-state index in [-0.39, 0.29) is 17.4 Å². The fourth-order valence-corrected chi connectivity index (χ4v) is 2.63. The molecular weight excluding hydrogens is 328 g/mol. The number of nitrogens with one attached hydrogen (secondary N) is 1. The Balaban J connectivity index is 1.85. The van der Waals surface area contributed by atoms with E-state index in [0.29, 0.717) is 16.5 Å². The Morgan fingerprint density at radius 3 is 2.67 bits per heavy atom. The zero-order valence-corrected chi connectivity index (χ0v) is 14.4. The summed E-state index contributed by atoms with van der Waals surface area (Å²) in [5.74, 6) is 0.279. The molecule has 24 heavy (non-hydrogen) atoms. The minimum Gasteiger partial charge on any atom is -0.504 e. The number of methoxy groups -OCH3 is 1. The van der Waals surface area contributed by atoms with Gasteiger partial charge in [0.25, 0.3) is 5.91 Å². The van der Waals surface area contributed by atoms with Gasteiger partial charge in [-0.3, -0.25) is 4.79 Å². The van der Waals surface area contributed by atoms with Crippen LogP contribution >= 0.6 is 11.8 Å². The summed E-state index contributed by atoms with van der Waals surface area (Å²) in [7, 11) is 1.47. The van der Waals surface area contributed by atoms with Gasteiger partial charge in [-0.05, 0) is 43.7 Å². The van der Waals surface area contributed by atoms with Crippen LogP contribution in [0.4, 0.5) is 0 Å². The summed E-state index contributed by atoms with van der Waals surface area (Å²) in [6.07, 6.45) is 1.44. The van der Waals surface area contributed by atoms with Crippen LogP contribution in [-0.4, -0.2) is 40.1 Å². The zero-order chi connectivity index (χ0) is 17.5. The summed E-state index contributed by atoms with van der Waals surface area (Å²) in [5, 5.41) is 14.1. The summed E-state index contributed by atoms with van der Waals surface area (Å²) in [6.45, 7) is 3.76. The molecular formula is C16H18N4O3S. The van der Waals surface area contributed by atoms with E-state index in [0.717, 1.165) is 11.4 Å². The number of amides is 1. The van der Waals surface area contributed by atoms with Gasteiger partial charge in [0.05, 0.1) is 19.1 Å². The highest BCUT2D eigenvalue weighted by molar-refractivity contribution is 7.99. The molecule has 8 heteroatoms. The van der Waals surface area contributed by atoms with Crippen molar-refractivity contribution >= 4 is 23.9 Å². The minimum atomic E-state index is -0.267. The van der Waals surface area contributed by atoms with Crippen LogP contribution in [0.3, 0.4) is 0 Å². The number of hydrogen-bond acceptors (Lipinski definition) is 7. The molecule has 1 amide bonds. The largest absolute Gasteiger partial charge is 0.504 e. The summed E-state index contributed by atoms with van der Waals surface area (Å²) < 4.78 is 4.95.